The van der Waals surface area contributed by atoms with Gasteiger partial charge in [-0.1, -0.05) is 65.0 Å². The molecule has 0 spiro atoms. The summed E-state index contributed by atoms with van der Waals surface area (Å²) in [5.74, 6) is 3.17. The van der Waals surface area contributed by atoms with Crippen molar-refractivity contribution in [2.24, 2.45) is 5.92 Å². The lowest BCUT2D eigenvalue weighted by Crippen LogP contribution is -2.46. The molecule has 180 valence electrons. The number of rotatable bonds is 11. The third kappa shape index (κ3) is 5.46. The molecule has 0 radical (unpaired) electrons. The van der Waals surface area contributed by atoms with E-state index in [2.05, 4.69) is 66.7 Å². The van der Waals surface area contributed by atoms with Gasteiger partial charge in [-0.2, -0.15) is 0 Å². The van der Waals surface area contributed by atoms with E-state index in [1.54, 1.807) is 0 Å². The largest absolute Gasteiger partial charge is 0.543 e. The maximum absolute atomic E-state index is 7.12. The molecular formula is C29H48O2Si. The van der Waals surface area contributed by atoms with Crippen LogP contribution in [0.1, 0.15) is 110 Å². The van der Waals surface area contributed by atoms with Crippen LogP contribution in [0.2, 0.25) is 18.1 Å². The molecule has 2 aliphatic rings. The molecule has 3 heteroatoms. The van der Waals surface area contributed by atoms with Crippen molar-refractivity contribution >= 4 is 8.32 Å². The molecule has 0 amide bonds. The number of fused-ring (bicyclic) bond motifs is 3. The molecule has 0 aromatic heterocycles. The van der Waals surface area contributed by atoms with Crippen LogP contribution in [0.5, 0.6) is 11.5 Å². The summed E-state index contributed by atoms with van der Waals surface area (Å²) in [6.45, 7) is 16.2. The molecule has 1 aliphatic heterocycles. The summed E-state index contributed by atoms with van der Waals surface area (Å²) in [5, 5.41) is 0. The molecule has 32 heavy (non-hydrogen) atoms. The molecule has 1 aromatic rings. The maximum Gasteiger partial charge on any atom is 0.250 e. The minimum Gasteiger partial charge on any atom is -0.543 e. The number of benzene rings is 1. The number of unbranched alkanes of at least 4 members (excludes halogenated alkanes) is 4. The molecule has 3 rings (SSSR count). The molecule has 0 fully saturated rings. The van der Waals surface area contributed by atoms with Crippen molar-refractivity contribution in [1.29, 1.82) is 0 Å². The number of aryl methyl sites for hydroxylation is 1. The van der Waals surface area contributed by atoms with Gasteiger partial charge in [0.15, 0.2) is 0 Å². The second kappa shape index (κ2) is 10.8. The molecular weight excluding hydrogens is 408 g/mol. The minimum atomic E-state index is -1.77. The smallest absolute Gasteiger partial charge is 0.250 e. The van der Waals surface area contributed by atoms with E-state index in [4.69, 9.17) is 9.16 Å². The summed E-state index contributed by atoms with van der Waals surface area (Å²) in [6.07, 6.45) is 12.6. The van der Waals surface area contributed by atoms with Crippen molar-refractivity contribution in [2.45, 2.75) is 129 Å². The van der Waals surface area contributed by atoms with E-state index >= 15 is 0 Å². The van der Waals surface area contributed by atoms with Gasteiger partial charge in [-0.25, -0.2) is 0 Å². The third-order valence-corrected chi connectivity index (χ3v) is 12.9. The Kier molecular flexibility index (Phi) is 8.57. The zero-order valence-electron chi connectivity index (χ0n) is 22.0. The molecule has 0 saturated heterocycles. The average molecular weight is 457 g/mol. The summed E-state index contributed by atoms with van der Waals surface area (Å²) in [5.41, 5.74) is 4.12. The zero-order valence-corrected chi connectivity index (χ0v) is 23.0. The summed E-state index contributed by atoms with van der Waals surface area (Å²) >= 11 is 0. The molecule has 1 heterocycles. The molecule has 1 aromatic carbocycles. The van der Waals surface area contributed by atoms with E-state index in [1.165, 1.54) is 79.8 Å². The highest BCUT2D eigenvalue weighted by Crippen LogP contribution is 2.54. The first-order valence-corrected chi connectivity index (χ1v) is 16.0. The predicted octanol–water partition coefficient (Wildman–Crippen LogP) is 9.19. The van der Waals surface area contributed by atoms with Crippen molar-refractivity contribution in [2.75, 3.05) is 0 Å². The second-order valence-corrected chi connectivity index (χ2v) is 15.6. The van der Waals surface area contributed by atoms with Gasteiger partial charge in [0.1, 0.15) is 17.1 Å². The third-order valence-electron chi connectivity index (χ3n) is 8.34. The van der Waals surface area contributed by atoms with Crippen LogP contribution in [0.4, 0.5) is 0 Å². The SMILES string of the molecule is CCCCCCCc1cc2c(c(O[Si](CC)(CC)CC)c1)C1C=C(C)CCC1C(C)(C)O2. The van der Waals surface area contributed by atoms with Crippen LogP contribution in [-0.4, -0.2) is 13.9 Å². The number of hydrogen-bond acceptors (Lipinski definition) is 2. The van der Waals surface area contributed by atoms with Crippen molar-refractivity contribution in [3.05, 3.63) is 34.9 Å². The van der Waals surface area contributed by atoms with E-state index in [1.807, 2.05) is 0 Å². The average Bonchev–Trinajstić information content (AvgIpc) is 2.76. The minimum absolute atomic E-state index is 0.138. The Bertz CT molecular complexity index is 782. The lowest BCUT2D eigenvalue weighted by Gasteiger charge is -2.47. The van der Waals surface area contributed by atoms with Gasteiger partial charge >= 0.3 is 0 Å². The van der Waals surface area contributed by atoms with E-state index in [0.717, 1.165) is 17.9 Å². The molecule has 2 unspecified atom stereocenters. The predicted molar refractivity (Wildman–Crippen MR) is 141 cm³/mol. The normalized spacial score (nSPS) is 21.9. The second-order valence-electron chi connectivity index (χ2n) is 10.9. The van der Waals surface area contributed by atoms with Gasteiger partial charge < -0.3 is 9.16 Å². The topological polar surface area (TPSA) is 18.5 Å². The summed E-state index contributed by atoms with van der Waals surface area (Å²) in [6, 6.07) is 8.27. The summed E-state index contributed by atoms with van der Waals surface area (Å²) in [7, 11) is -1.77. The van der Waals surface area contributed by atoms with Crippen LogP contribution < -0.4 is 9.16 Å². The number of ether oxygens (including phenoxy) is 1. The van der Waals surface area contributed by atoms with Gasteiger partial charge in [0.25, 0.3) is 0 Å². The Morgan fingerprint density at radius 3 is 2.34 bits per heavy atom. The highest BCUT2D eigenvalue weighted by atomic mass is 28.4. The molecule has 0 N–H and O–H groups in total. The standard InChI is InChI=1S/C29H48O2Si/c1-8-12-13-14-15-16-23-20-26-28(27(21-23)31-32(9-2,10-3)11-4)24-19-22(5)17-18-25(24)29(6,7)30-26/h19-21,24-25H,8-18H2,1-7H3. The Labute approximate surface area is 199 Å². The Balaban J connectivity index is 2.03. The first kappa shape index (κ1) is 25.4. The van der Waals surface area contributed by atoms with Crippen LogP contribution >= 0.6 is 0 Å². The van der Waals surface area contributed by atoms with Crippen molar-refractivity contribution in [1.82, 2.24) is 0 Å². The fourth-order valence-electron chi connectivity index (χ4n) is 5.92. The van der Waals surface area contributed by atoms with E-state index in [-0.39, 0.29) is 5.60 Å². The van der Waals surface area contributed by atoms with Gasteiger partial charge in [-0.15, -0.1) is 0 Å². The van der Waals surface area contributed by atoms with E-state index < -0.39 is 8.32 Å². The first-order chi connectivity index (χ1) is 15.3. The fraction of sp³-hybridized carbons (Fsp3) is 0.724. The summed E-state index contributed by atoms with van der Waals surface area (Å²) in [4.78, 5) is 0. The van der Waals surface area contributed by atoms with Gasteiger partial charge in [-0.05, 0) is 82.3 Å². The molecule has 0 bridgehead atoms. The zero-order chi connectivity index (χ0) is 23.4. The highest BCUT2D eigenvalue weighted by Gasteiger charge is 2.46. The van der Waals surface area contributed by atoms with Crippen LogP contribution in [0.25, 0.3) is 0 Å². The first-order valence-electron chi connectivity index (χ1n) is 13.5. The van der Waals surface area contributed by atoms with E-state index in [9.17, 15) is 0 Å². The van der Waals surface area contributed by atoms with Gasteiger partial charge in [-0.3, -0.25) is 0 Å². The van der Waals surface area contributed by atoms with Gasteiger partial charge in [0.05, 0.1) is 0 Å². The molecule has 2 atom stereocenters. The lowest BCUT2D eigenvalue weighted by molar-refractivity contribution is 0.0110. The lowest BCUT2D eigenvalue weighted by atomic mass is 9.68. The van der Waals surface area contributed by atoms with Crippen LogP contribution in [0, 0.1) is 5.92 Å². The highest BCUT2D eigenvalue weighted by molar-refractivity contribution is 6.74. The van der Waals surface area contributed by atoms with Gasteiger partial charge in [0.2, 0.25) is 8.32 Å². The van der Waals surface area contributed by atoms with Crippen LogP contribution in [0.15, 0.2) is 23.8 Å². The van der Waals surface area contributed by atoms with E-state index in [0.29, 0.717) is 11.8 Å². The molecule has 1 aliphatic carbocycles. The Morgan fingerprint density at radius 1 is 1.00 bits per heavy atom. The van der Waals surface area contributed by atoms with Crippen LogP contribution in [0.3, 0.4) is 0 Å². The molecule has 0 saturated carbocycles. The van der Waals surface area contributed by atoms with Crippen molar-refractivity contribution in [3.63, 3.8) is 0 Å². The van der Waals surface area contributed by atoms with Gasteiger partial charge in [0, 0.05) is 17.4 Å². The number of hydrogen-bond donors (Lipinski definition) is 0. The maximum atomic E-state index is 7.12. The van der Waals surface area contributed by atoms with Crippen LogP contribution in [-0.2, 0) is 6.42 Å². The molecule has 2 nitrogen and oxygen atoms in total. The fourth-order valence-corrected chi connectivity index (χ4v) is 8.49. The Morgan fingerprint density at radius 2 is 1.69 bits per heavy atom. The number of allylic oxidation sites excluding steroid dienone is 2. The Hall–Kier alpha value is -1.22. The van der Waals surface area contributed by atoms with Crippen molar-refractivity contribution in [3.8, 4) is 11.5 Å². The van der Waals surface area contributed by atoms with Crippen molar-refractivity contribution < 1.29 is 9.16 Å². The monoisotopic (exact) mass is 456 g/mol. The summed E-state index contributed by atoms with van der Waals surface area (Å²) < 4.78 is 13.9. The quantitative estimate of drug-likeness (QED) is 0.188.